The fourth-order valence-electron chi connectivity index (χ4n) is 5.22. The molecule has 3 heterocycles. The number of rotatable bonds is 6. The van der Waals surface area contributed by atoms with Crippen molar-refractivity contribution in [2.75, 3.05) is 30.4 Å². The Balaban J connectivity index is 1.50. The molecule has 4 aromatic rings. The van der Waals surface area contributed by atoms with Crippen molar-refractivity contribution in [2.45, 2.75) is 45.8 Å². The molecule has 0 radical (unpaired) electrons. The van der Waals surface area contributed by atoms with Crippen LogP contribution in [-0.2, 0) is 13.1 Å². The smallest absolute Gasteiger partial charge is 0.272 e. The lowest BCUT2D eigenvalue weighted by Gasteiger charge is -2.31. The van der Waals surface area contributed by atoms with Gasteiger partial charge in [0.1, 0.15) is 0 Å². The molecule has 8 nitrogen and oxygen atoms in total. The van der Waals surface area contributed by atoms with Crippen molar-refractivity contribution in [3.05, 3.63) is 59.4 Å². The highest BCUT2D eigenvalue weighted by Gasteiger charge is 2.28. The van der Waals surface area contributed by atoms with E-state index in [2.05, 4.69) is 52.5 Å². The van der Waals surface area contributed by atoms with Gasteiger partial charge in [-0.3, -0.25) is 14.3 Å². The predicted molar refractivity (Wildman–Crippen MR) is 150 cm³/mol. The van der Waals surface area contributed by atoms with E-state index in [1.165, 1.54) is 5.56 Å². The molecule has 1 amide bonds. The van der Waals surface area contributed by atoms with E-state index in [4.69, 9.17) is 15.7 Å². The van der Waals surface area contributed by atoms with Gasteiger partial charge in [0.05, 0.1) is 24.3 Å². The molecule has 4 N–H and O–H groups in total. The van der Waals surface area contributed by atoms with Crippen molar-refractivity contribution in [3.8, 4) is 11.8 Å². The summed E-state index contributed by atoms with van der Waals surface area (Å²) >= 11 is 0. The Kier molecular flexibility index (Phi) is 6.97. The molecule has 8 heteroatoms. The quantitative estimate of drug-likeness (QED) is 0.278. The average molecular weight is 496 g/mol. The van der Waals surface area contributed by atoms with E-state index < -0.39 is 0 Å². The van der Waals surface area contributed by atoms with Crippen molar-refractivity contribution in [2.24, 2.45) is 5.73 Å². The van der Waals surface area contributed by atoms with Gasteiger partial charge in [0.2, 0.25) is 5.95 Å². The van der Waals surface area contributed by atoms with Crippen LogP contribution in [0.15, 0.2) is 42.5 Å². The summed E-state index contributed by atoms with van der Waals surface area (Å²) in [6.07, 6.45) is 1.98. The van der Waals surface area contributed by atoms with Crippen molar-refractivity contribution < 1.29 is 4.79 Å². The van der Waals surface area contributed by atoms with Crippen LogP contribution in [0.2, 0.25) is 0 Å². The molecule has 0 spiro atoms. The topological polar surface area (TPSA) is 101 Å². The normalized spacial score (nSPS) is 15.5. The van der Waals surface area contributed by atoms with Crippen molar-refractivity contribution >= 4 is 39.3 Å². The number of benzene rings is 2. The van der Waals surface area contributed by atoms with Crippen molar-refractivity contribution in [3.63, 3.8) is 0 Å². The summed E-state index contributed by atoms with van der Waals surface area (Å²) in [7, 11) is 1.78. The zero-order valence-corrected chi connectivity index (χ0v) is 21.6. The van der Waals surface area contributed by atoms with Crippen LogP contribution in [0.4, 0.5) is 11.8 Å². The lowest BCUT2D eigenvalue weighted by Crippen LogP contribution is -2.44. The molecule has 2 aromatic heterocycles. The lowest BCUT2D eigenvalue weighted by molar-refractivity contribution is 0.0943. The molecule has 1 aliphatic rings. The number of hydrogen-bond donors (Lipinski definition) is 3. The zero-order valence-electron chi connectivity index (χ0n) is 21.6. The number of amides is 1. The number of imidazole rings is 1. The van der Waals surface area contributed by atoms with E-state index in [1.54, 1.807) is 14.0 Å². The first-order chi connectivity index (χ1) is 18.0. The summed E-state index contributed by atoms with van der Waals surface area (Å²) in [5, 5.41) is 9.53. The highest BCUT2D eigenvalue weighted by molar-refractivity contribution is 6.08. The number of pyridine rings is 1. The van der Waals surface area contributed by atoms with E-state index in [9.17, 15) is 4.79 Å². The Morgan fingerprint density at radius 3 is 2.73 bits per heavy atom. The number of fused-ring (bicyclic) bond motifs is 3. The summed E-state index contributed by atoms with van der Waals surface area (Å²) in [6, 6.07) is 14.4. The molecule has 0 unspecified atom stereocenters. The predicted octanol–water partition coefficient (Wildman–Crippen LogP) is 3.82. The maximum atomic E-state index is 13.7. The number of hydrogen-bond acceptors (Lipinski definition) is 6. The summed E-state index contributed by atoms with van der Waals surface area (Å²) in [6.45, 7) is 6.11. The van der Waals surface area contributed by atoms with Gasteiger partial charge in [-0.1, -0.05) is 42.3 Å². The van der Waals surface area contributed by atoms with Crippen LogP contribution in [0.3, 0.4) is 0 Å². The maximum absolute atomic E-state index is 13.7. The number of aryl methyl sites for hydroxylation is 1. The van der Waals surface area contributed by atoms with E-state index in [1.807, 2.05) is 28.8 Å². The summed E-state index contributed by atoms with van der Waals surface area (Å²) in [5.74, 6) is 7.07. The number of carbonyl (C=O) groups is 1. The summed E-state index contributed by atoms with van der Waals surface area (Å²) < 4.78 is 1.89. The van der Waals surface area contributed by atoms with Crippen LogP contribution < -0.4 is 21.3 Å². The molecule has 2 aromatic carbocycles. The van der Waals surface area contributed by atoms with E-state index in [0.717, 1.165) is 52.7 Å². The van der Waals surface area contributed by atoms with Crippen LogP contribution >= 0.6 is 0 Å². The first-order valence-corrected chi connectivity index (χ1v) is 12.7. The monoisotopic (exact) mass is 495 g/mol. The fraction of sp³-hybridized carbons (Fsp3) is 0.345. The summed E-state index contributed by atoms with van der Waals surface area (Å²) in [5.41, 5.74) is 9.64. The van der Waals surface area contributed by atoms with E-state index in [0.29, 0.717) is 31.1 Å². The van der Waals surface area contributed by atoms with Gasteiger partial charge in [-0.25, -0.2) is 0 Å². The molecule has 37 heavy (non-hydrogen) atoms. The third-order valence-electron chi connectivity index (χ3n) is 6.98. The second kappa shape index (κ2) is 10.5. The third kappa shape index (κ3) is 4.70. The highest BCUT2D eigenvalue weighted by atomic mass is 16.2. The van der Waals surface area contributed by atoms with Crippen LogP contribution in [0.5, 0.6) is 0 Å². The van der Waals surface area contributed by atoms with Gasteiger partial charge in [0.15, 0.2) is 11.5 Å². The lowest BCUT2D eigenvalue weighted by atomic mass is 10.0. The van der Waals surface area contributed by atoms with Crippen molar-refractivity contribution in [1.82, 2.24) is 19.9 Å². The molecule has 1 atom stereocenters. The Bertz CT molecular complexity index is 1530. The van der Waals surface area contributed by atoms with E-state index in [-0.39, 0.29) is 11.9 Å². The Morgan fingerprint density at radius 1 is 1.16 bits per heavy atom. The summed E-state index contributed by atoms with van der Waals surface area (Å²) in [4.78, 5) is 25.5. The van der Waals surface area contributed by atoms with Gasteiger partial charge >= 0.3 is 0 Å². The molecule has 1 fully saturated rings. The molecular weight excluding hydrogens is 462 g/mol. The second-order valence-corrected chi connectivity index (χ2v) is 9.48. The Morgan fingerprint density at radius 2 is 1.97 bits per heavy atom. The SMILES string of the molecule is CC#CCn1c(N2CCC[C@@H](N)C2)nc(NC)c1C(=O)NCc1nc2cccc(C)c2c2ccccc12. The number of carbonyl (C=O) groups excluding carboxylic acids is 1. The van der Waals surface area contributed by atoms with Gasteiger partial charge in [-0.05, 0) is 43.7 Å². The van der Waals surface area contributed by atoms with Crippen LogP contribution in [0, 0.1) is 18.8 Å². The number of anilines is 2. The Labute approximate surface area is 217 Å². The fourth-order valence-corrected chi connectivity index (χ4v) is 5.22. The van der Waals surface area contributed by atoms with Gasteiger partial charge in [0.25, 0.3) is 5.91 Å². The molecule has 0 bridgehead atoms. The standard InChI is InChI=1S/C29H33N7O/c1-4-5-16-36-26(27(31-3)34-29(36)35-15-9-11-20(30)18-35)28(37)32-17-24-21-12-6-7-13-22(21)25-19(2)10-8-14-23(25)33-24/h6-8,10,12-14,20,31H,9,11,15-18,30H2,1-3H3,(H,32,37)/t20-/m1/s1. The molecule has 5 rings (SSSR count). The molecule has 190 valence electrons. The molecule has 1 aliphatic heterocycles. The average Bonchev–Trinajstić information content (AvgIpc) is 3.29. The minimum Gasteiger partial charge on any atom is -0.371 e. The third-order valence-corrected chi connectivity index (χ3v) is 6.98. The molecule has 1 saturated heterocycles. The largest absolute Gasteiger partial charge is 0.371 e. The zero-order chi connectivity index (χ0) is 25.9. The Hall–Kier alpha value is -4.09. The highest BCUT2D eigenvalue weighted by Crippen LogP contribution is 2.29. The number of nitrogens with one attached hydrogen (secondary N) is 2. The molecule has 0 aliphatic carbocycles. The van der Waals surface area contributed by atoms with Gasteiger partial charge < -0.3 is 21.3 Å². The molecule has 0 saturated carbocycles. The number of piperidine rings is 1. The van der Waals surface area contributed by atoms with Gasteiger partial charge in [-0.2, -0.15) is 4.98 Å². The van der Waals surface area contributed by atoms with Gasteiger partial charge in [-0.15, -0.1) is 5.92 Å². The van der Waals surface area contributed by atoms with Crippen LogP contribution in [-0.4, -0.2) is 46.6 Å². The second-order valence-electron chi connectivity index (χ2n) is 9.48. The van der Waals surface area contributed by atoms with E-state index >= 15 is 0 Å². The first-order valence-electron chi connectivity index (χ1n) is 12.7. The van der Waals surface area contributed by atoms with Crippen LogP contribution in [0.1, 0.15) is 41.5 Å². The minimum absolute atomic E-state index is 0.0855. The number of nitrogens with zero attached hydrogens (tertiary/aromatic N) is 4. The maximum Gasteiger partial charge on any atom is 0.272 e. The first kappa shape index (κ1) is 24.6. The number of aromatic nitrogens is 3. The van der Waals surface area contributed by atoms with Crippen LogP contribution in [0.25, 0.3) is 21.7 Å². The minimum atomic E-state index is -0.225. The van der Waals surface area contributed by atoms with Gasteiger partial charge in [0, 0.05) is 37.0 Å². The van der Waals surface area contributed by atoms with Crippen molar-refractivity contribution in [1.29, 1.82) is 0 Å². The molecular formula is C29H33N7O. The number of nitrogens with two attached hydrogens (primary N) is 1.